The Kier molecular flexibility index (Phi) is 8.47. The summed E-state index contributed by atoms with van der Waals surface area (Å²) in [5.41, 5.74) is 1.62. The Hall–Kier alpha value is -3.13. The molecule has 2 aromatic heterocycles. The Morgan fingerprint density at radius 1 is 1.17 bits per heavy atom. The van der Waals surface area contributed by atoms with Crippen molar-refractivity contribution in [2.45, 2.75) is 26.3 Å². The summed E-state index contributed by atoms with van der Waals surface area (Å²) in [5, 5.41) is 11.2. The number of nitrogens with zero attached hydrogens (tertiary/aromatic N) is 3. The number of nitrogens with one attached hydrogen (secondary N) is 2. The van der Waals surface area contributed by atoms with Crippen LogP contribution in [0.25, 0.3) is 5.69 Å². The molecule has 0 aliphatic rings. The fourth-order valence-electron chi connectivity index (χ4n) is 2.80. The van der Waals surface area contributed by atoms with Crippen LogP contribution < -0.4 is 10.6 Å². The van der Waals surface area contributed by atoms with Crippen molar-refractivity contribution in [1.29, 1.82) is 0 Å². The first-order valence-corrected chi connectivity index (χ1v) is 10.2. The summed E-state index contributed by atoms with van der Waals surface area (Å²) in [5.74, 6) is 1.38. The number of hydrogen-bond acceptors (Lipinski definition) is 4. The maximum absolute atomic E-state index is 13.1. The number of aromatic nitrogens is 2. The molecule has 0 unspecified atom stereocenters. The monoisotopic (exact) mass is 413 g/mol. The molecular formula is C22H28FN5O2. The molecule has 1 aromatic carbocycles. The van der Waals surface area contributed by atoms with Crippen molar-refractivity contribution < 1.29 is 13.5 Å². The summed E-state index contributed by atoms with van der Waals surface area (Å²) in [6.45, 7) is 5.31. The Bertz CT molecular complexity index is 891. The van der Waals surface area contributed by atoms with Crippen LogP contribution in [0.5, 0.6) is 0 Å². The van der Waals surface area contributed by atoms with Gasteiger partial charge in [-0.1, -0.05) is 0 Å². The van der Waals surface area contributed by atoms with Crippen LogP contribution in [0.1, 0.15) is 24.8 Å². The number of aliphatic imine (C=N–C) groups is 1. The van der Waals surface area contributed by atoms with Gasteiger partial charge in [-0.25, -0.2) is 14.1 Å². The molecule has 2 heterocycles. The average molecular weight is 413 g/mol. The molecule has 2 N–H and O–H groups in total. The molecule has 0 radical (unpaired) electrons. The standard InChI is InChI=1S/C22H28FN5O2/c1-2-29-15-4-12-24-22(25-13-10-21-5-3-16-30-21)26-17-19-11-14-28(27-19)20-8-6-18(23)7-9-20/h3,5-9,11,14,16H,2,4,10,12-13,15,17H2,1H3,(H2,24,25,26). The normalized spacial score (nSPS) is 11.6. The highest BCUT2D eigenvalue weighted by atomic mass is 19.1. The molecule has 3 rings (SSSR count). The quantitative estimate of drug-likeness (QED) is 0.287. The van der Waals surface area contributed by atoms with Gasteiger partial charge in [0.05, 0.1) is 24.2 Å². The van der Waals surface area contributed by atoms with E-state index in [0.29, 0.717) is 19.7 Å². The molecule has 0 aliphatic heterocycles. The van der Waals surface area contributed by atoms with Gasteiger partial charge < -0.3 is 19.8 Å². The zero-order valence-electron chi connectivity index (χ0n) is 17.2. The van der Waals surface area contributed by atoms with Gasteiger partial charge >= 0.3 is 0 Å². The summed E-state index contributed by atoms with van der Waals surface area (Å²) in [4.78, 5) is 4.64. The van der Waals surface area contributed by atoms with Gasteiger partial charge in [0, 0.05) is 38.9 Å². The van der Waals surface area contributed by atoms with Crippen molar-refractivity contribution in [2.24, 2.45) is 4.99 Å². The van der Waals surface area contributed by atoms with Gasteiger partial charge in [-0.2, -0.15) is 5.10 Å². The minimum absolute atomic E-state index is 0.267. The van der Waals surface area contributed by atoms with Gasteiger partial charge in [0.1, 0.15) is 11.6 Å². The van der Waals surface area contributed by atoms with Crippen molar-refractivity contribution in [1.82, 2.24) is 20.4 Å². The summed E-state index contributed by atoms with van der Waals surface area (Å²) in [6, 6.07) is 12.0. The first kappa shape index (κ1) is 21.6. The van der Waals surface area contributed by atoms with E-state index in [2.05, 4.69) is 20.7 Å². The molecule has 30 heavy (non-hydrogen) atoms. The number of furan rings is 1. The van der Waals surface area contributed by atoms with Crippen molar-refractivity contribution in [3.63, 3.8) is 0 Å². The van der Waals surface area contributed by atoms with Gasteiger partial charge in [0.25, 0.3) is 0 Å². The van der Waals surface area contributed by atoms with E-state index in [-0.39, 0.29) is 5.82 Å². The number of benzene rings is 1. The lowest BCUT2D eigenvalue weighted by Crippen LogP contribution is -2.39. The second-order valence-corrected chi connectivity index (χ2v) is 6.63. The van der Waals surface area contributed by atoms with Crippen LogP contribution in [0.2, 0.25) is 0 Å². The average Bonchev–Trinajstić information content (AvgIpc) is 3.44. The Labute approximate surface area is 176 Å². The SMILES string of the molecule is CCOCCCNC(=NCc1ccn(-c2ccc(F)cc2)n1)NCCc1ccco1. The van der Waals surface area contributed by atoms with Crippen molar-refractivity contribution >= 4 is 5.96 Å². The second-order valence-electron chi connectivity index (χ2n) is 6.63. The molecule has 0 aliphatic carbocycles. The topological polar surface area (TPSA) is 76.6 Å². The smallest absolute Gasteiger partial charge is 0.191 e. The minimum Gasteiger partial charge on any atom is -0.469 e. The van der Waals surface area contributed by atoms with Gasteiger partial charge in [-0.05, 0) is 55.8 Å². The summed E-state index contributed by atoms with van der Waals surface area (Å²) < 4.78 is 25.6. The molecule has 0 atom stereocenters. The van der Waals surface area contributed by atoms with E-state index in [9.17, 15) is 4.39 Å². The van der Waals surface area contributed by atoms with Gasteiger partial charge in [-0.15, -0.1) is 0 Å². The van der Waals surface area contributed by atoms with E-state index >= 15 is 0 Å². The van der Waals surface area contributed by atoms with Gasteiger partial charge in [0.15, 0.2) is 5.96 Å². The van der Waals surface area contributed by atoms with Crippen LogP contribution in [0.4, 0.5) is 4.39 Å². The number of ether oxygens (including phenoxy) is 1. The highest BCUT2D eigenvalue weighted by Crippen LogP contribution is 2.09. The predicted molar refractivity (Wildman–Crippen MR) is 114 cm³/mol. The minimum atomic E-state index is -0.267. The number of hydrogen-bond donors (Lipinski definition) is 2. The molecule has 0 spiro atoms. The lowest BCUT2D eigenvalue weighted by atomic mass is 10.3. The fraction of sp³-hybridized carbons (Fsp3) is 0.364. The number of rotatable bonds is 11. The molecular weight excluding hydrogens is 385 g/mol. The van der Waals surface area contributed by atoms with Crippen LogP contribution in [0.15, 0.2) is 64.3 Å². The molecule has 8 heteroatoms. The van der Waals surface area contributed by atoms with E-state index in [4.69, 9.17) is 9.15 Å². The van der Waals surface area contributed by atoms with Crippen LogP contribution in [0, 0.1) is 5.82 Å². The van der Waals surface area contributed by atoms with E-state index in [1.807, 2.05) is 31.3 Å². The van der Waals surface area contributed by atoms with E-state index in [1.54, 1.807) is 23.1 Å². The van der Waals surface area contributed by atoms with Crippen LogP contribution in [0.3, 0.4) is 0 Å². The molecule has 0 saturated carbocycles. The van der Waals surface area contributed by atoms with Crippen molar-refractivity contribution in [2.75, 3.05) is 26.3 Å². The Morgan fingerprint density at radius 2 is 2.00 bits per heavy atom. The first-order chi connectivity index (χ1) is 14.7. The first-order valence-electron chi connectivity index (χ1n) is 10.2. The summed E-state index contributed by atoms with van der Waals surface area (Å²) >= 11 is 0. The van der Waals surface area contributed by atoms with E-state index in [0.717, 1.165) is 49.1 Å². The molecule has 0 bridgehead atoms. The van der Waals surface area contributed by atoms with Crippen molar-refractivity contribution in [3.05, 3.63) is 72.2 Å². The molecule has 0 amide bonds. The largest absolute Gasteiger partial charge is 0.469 e. The van der Waals surface area contributed by atoms with Crippen LogP contribution in [-0.2, 0) is 17.7 Å². The summed E-state index contributed by atoms with van der Waals surface area (Å²) in [6.07, 6.45) is 5.18. The van der Waals surface area contributed by atoms with Gasteiger partial charge in [-0.3, -0.25) is 0 Å². The van der Waals surface area contributed by atoms with Gasteiger partial charge in [0.2, 0.25) is 0 Å². The van der Waals surface area contributed by atoms with E-state index in [1.165, 1.54) is 12.1 Å². The zero-order chi connectivity index (χ0) is 21.0. The third-order valence-corrected chi connectivity index (χ3v) is 4.34. The lowest BCUT2D eigenvalue weighted by molar-refractivity contribution is 0.145. The van der Waals surface area contributed by atoms with Crippen LogP contribution >= 0.6 is 0 Å². The number of guanidine groups is 1. The highest BCUT2D eigenvalue weighted by molar-refractivity contribution is 5.79. The Balaban J connectivity index is 1.56. The maximum atomic E-state index is 13.1. The fourth-order valence-corrected chi connectivity index (χ4v) is 2.80. The summed E-state index contributed by atoms with van der Waals surface area (Å²) in [7, 11) is 0. The molecule has 0 saturated heterocycles. The second kappa shape index (κ2) is 11.8. The molecule has 7 nitrogen and oxygen atoms in total. The number of halogens is 1. The van der Waals surface area contributed by atoms with E-state index < -0.39 is 0 Å². The molecule has 160 valence electrons. The highest BCUT2D eigenvalue weighted by Gasteiger charge is 2.04. The Morgan fingerprint density at radius 3 is 2.77 bits per heavy atom. The van der Waals surface area contributed by atoms with Crippen molar-refractivity contribution in [3.8, 4) is 5.69 Å². The third kappa shape index (κ3) is 7.04. The molecule has 0 fully saturated rings. The zero-order valence-corrected chi connectivity index (χ0v) is 17.2. The predicted octanol–water partition coefficient (Wildman–Crippen LogP) is 3.31. The lowest BCUT2D eigenvalue weighted by Gasteiger charge is -2.12. The third-order valence-electron chi connectivity index (χ3n) is 4.34. The molecule has 3 aromatic rings. The maximum Gasteiger partial charge on any atom is 0.191 e. The van der Waals surface area contributed by atoms with Crippen LogP contribution in [-0.4, -0.2) is 42.0 Å².